The molecule has 5 rings (SSSR count). The van der Waals surface area contributed by atoms with Crippen molar-refractivity contribution in [3.05, 3.63) is 94.9 Å². The zero-order valence-corrected chi connectivity index (χ0v) is 18.2. The maximum absolute atomic E-state index is 15.0. The fourth-order valence-corrected chi connectivity index (χ4v) is 4.16. The second-order valence-corrected chi connectivity index (χ2v) is 7.89. The van der Waals surface area contributed by atoms with E-state index in [0.29, 0.717) is 23.7 Å². The van der Waals surface area contributed by atoms with Gasteiger partial charge in [0.05, 0.1) is 36.3 Å². The number of aromatic amines is 1. The lowest BCUT2D eigenvalue weighted by molar-refractivity contribution is -0.117. The van der Waals surface area contributed by atoms with Crippen molar-refractivity contribution in [3.8, 4) is 5.75 Å². The summed E-state index contributed by atoms with van der Waals surface area (Å²) in [7, 11) is 1.59. The predicted molar refractivity (Wildman–Crippen MR) is 126 cm³/mol. The Kier molecular flexibility index (Phi) is 5.33. The van der Waals surface area contributed by atoms with E-state index in [-0.39, 0.29) is 29.3 Å². The minimum atomic E-state index is -1.22. The summed E-state index contributed by atoms with van der Waals surface area (Å²) in [5.74, 6) is -1.47. The van der Waals surface area contributed by atoms with Gasteiger partial charge in [-0.2, -0.15) is 0 Å². The van der Waals surface area contributed by atoms with Crippen LogP contribution in [0.4, 0.5) is 10.1 Å². The van der Waals surface area contributed by atoms with Gasteiger partial charge in [-0.05, 0) is 42.0 Å². The molecule has 0 radical (unpaired) electrons. The Bertz CT molecular complexity index is 1460. The number of amides is 1. The van der Waals surface area contributed by atoms with Crippen LogP contribution in [0.1, 0.15) is 27.2 Å². The number of anilines is 1. The van der Waals surface area contributed by atoms with Crippen LogP contribution in [-0.2, 0) is 11.3 Å². The number of aromatic nitrogens is 1. The first-order valence-electron chi connectivity index (χ1n) is 10.6. The van der Waals surface area contributed by atoms with Crippen LogP contribution in [0.25, 0.3) is 10.9 Å². The van der Waals surface area contributed by atoms with Crippen molar-refractivity contribution >= 4 is 34.2 Å². The number of carboxylic acid groups (broad SMARTS) is 1. The first-order chi connectivity index (χ1) is 16.5. The van der Waals surface area contributed by atoms with Gasteiger partial charge in [0.25, 0.3) is 0 Å². The van der Waals surface area contributed by atoms with E-state index < -0.39 is 11.8 Å². The number of hydrogen-bond donors (Lipinski definition) is 2. The molecule has 1 aromatic heterocycles. The average molecular weight is 457 g/mol. The average Bonchev–Trinajstić information content (AvgIpc) is 3.16. The van der Waals surface area contributed by atoms with Gasteiger partial charge < -0.3 is 19.7 Å². The third-order valence-corrected chi connectivity index (χ3v) is 5.83. The number of nitrogens with one attached hydrogen (secondary N) is 1. The molecule has 0 saturated carbocycles. The lowest BCUT2D eigenvalue weighted by atomic mass is 10.0. The second-order valence-electron chi connectivity index (χ2n) is 7.89. The zero-order valence-electron chi connectivity index (χ0n) is 18.2. The molecule has 0 fully saturated rings. The number of halogens is 1. The fraction of sp³-hybridized carbons (Fsp3) is 0.115. The molecule has 0 spiro atoms. The van der Waals surface area contributed by atoms with Crippen LogP contribution in [0.3, 0.4) is 0 Å². The van der Waals surface area contributed by atoms with Gasteiger partial charge >= 0.3 is 5.97 Å². The number of benzene rings is 3. The summed E-state index contributed by atoms with van der Waals surface area (Å²) in [5.41, 5.74) is 3.01. The van der Waals surface area contributed by atoms with Crippen molar-refractivity contribution in [1.82, 2.24) is 4.98 Å². The maximum Gasteiger partial charge on any atom is 0.335 e. The van der Waals surface area contributed by atoms with Crippen LogP contribution in [-0.4, -0.2) is 41.3 Å². The van der Waals surface area contributed by atoms with E-state index in [1.807, 2.05) is 48.5 Å². The van der Waals surface area contributed by atoms with Gasteiger partial charge in [0.1, 0.15) is 18.1 Å². The van der Waals surface area contributed by atoms with E-state index in [2.05, 4.69) is 9.98 Å². The molecule has 2 heterocycles. The van der Waals surface area contributed by atoms with E-state index >= 15 is 4.39 Å². The van der Waals surface area contributed by atoms with Crippen LogP contribution >= 0.6 is 0 Å². The highest BCUT2D eigenvalue weighted by atomic mass is 19.1. The Morgan fingerprint density at radius 2 is 1.91 bits per heavy atom. The van der Waals surface area contributed by atoms with E-state index in [1.54, 1.807) is 12.0 Å². The number of hydrogen-bond acceptors (Lipinski definition) is 4. The molecule has 1 aliphatic rings. The summed E-state index contributed by atoms with van der Waals surface area (Å²) in [5, 5.41) is 9.99. The molecule has 3 aromatic carbocycles. The fourth-order valence-electron chi connectivity index (χ4n) is 4.16. The molecular formula is C26H20FN3O4. The third kappa shape index (κ3) is 3.69. The third-order valence-electron chi connectivity index (χ3n) is 5.83. The van der Waals surface area contributed by atoms with E-state index in [9.17, 15) is 14.7 Å². The number of aliphatic imine (C=N–C) groups is 1. The largest absolute Gasteiger partial charge is 0.497 e. The SMILES string of the molecule is COc1ccc(CN2C(=O)CN=C(c3ccc(C(=O)O)cc3F)c3[nH]c4ccccc4c32)cc1. The standard InChI is InChI=1S/C26H20FN3O4/c1-34-17-9-6-15(7-10-17)14-30-22(31)13-28-23(18-11-8-16(26(32)33)12-20(18)27)24-25(30)19-4-2-3-5-21(19)29-24/h2-12,29H,13-14H2,1H3,(H,32,33). The smallest absolute Gasteiger partial charge is 0.335 e. The number of aromatic carboxylic acids is 1. The molecule has 7 nitrogen and oxygen atoms in total. The summed E-state index contributed by atoms with van der Waals surface area (Å²) >= 11 is 0. The number of H-pyrrole nitrogens is 1. The van der Waals surface area contributed by atoms with Gasteiger partial charge in [0, 0.05) is 16.5 Å². The van der Waals surface area contributed by atoms with Crippen LogP contribution in [0.15, 0.2) is 71.7 Å². The number of rotatable bonds is 5. The molecule has 0 atom stereocenters. The Hall–Kier alpha value is -4.46. The molecule has 2 N–H and O–H groups in total. The molecule has 0 saturated heterocycles. The highest BCUT2D eigenvalue weighted by Gasteiger charge is 2.30. The van der Waals surface area contributed by atoms with Gasteiger partial charge in [0.15, 0.2) is 0 Å². The highest BCUT2D eigenvalue weighted by Crippen LogP contribution is 2.36. The van der Waals surface area contributed by atoms with Crippen LogP contribution in [0.5, 0.6) is 5.75 Å². The number of carbonyl (C=O) groups excluding carboxylic acids is 1. The summed E-state index contributed by atoms with van der Waals surface area (Å²) in [6.45, 7) is 0.114. The number of ether oxygens (including phenoxy) is 1. The van der Waals surface area contributed by atoms with Crippen molar-refractivity contribution in [1.29, 1.82) is 0 Å². The lowest BCUT2D eigenvalue weighted by Gasteiger charge is -2.22. The summed E-state index contributed by atoms with van der Waals surface area (Å²) in [4.78, 5) is 33.9. The zero-order chi connectivity index (χ0) is 23.8. The van der Waals surface area contributed by atoms with Crippen LogP contribution in [0, 0.1) is 5.82 Å². The summed E-state index contributed by atoms with van der Waals surface area (Å²) < 4.78 is 20.2. The molecule has 0 bridgehead atoms. The first kappa shape index (κ1) is 21.4. The van der Waals surface area contributed by atoms with E-state index in [0.717, 1.165) is 22.5 Å². The van der Waals surface area contributed by atoms with Crippen molar-refractivity contribution in [3.63, 3.8) is 0 Å². The Balaban J connectivity index is 1.66. The van der Waals surface area contributed by atoms with Crippen LogP contribution < -0.4 is 9.64 Å². The van der Waals surface area contributed by atoms with Crippen molar-refractivity contribution in [2.45, 2.75) is 6.54 Å². The quantitative estimate of drug-likeness (QED) is 0.465. The minimum Gasteiger partial charge on any atom is -0.497 e. The number of carbonyl (C=O) groups is 2. The molecule has 4 aromatic rings. The first-order valence-corrected chi connectivity index (χ1v) is 10.6. The van der Waals surface area contributed by atoms with Gasteiger partial charge in [-0.1, -0.05) is 30.3 Å². The van der Waals surface area contributed by atoms with Gasteiger partial charge in [-0.15, -0.1) is 0 Å². The van der Waals surface area contributed by atoms with Gasteiger partial charge in [0.2, 0.25) is 5.91 Å². The number of fused-ring (bicyclic) bond motifs is 3. The highest BCUT2D eigenvalue weighted by molar-refractivity contribution is 6.23. The van der Waals surface area contributed by atoms with E-state index in [1.165, 1.54) is 12.1 Å². The summed E-state index contributed by atoms with van der Waals surface area (Å²) in [6, 6.07) is 18.6. The Morgan fingerprint density at radius 1 is 1.15 bits per heavy atom. The number of methoxy groups -OCH3 is 1. The Labute approximate surface area is 194 Å². The Morgan fingerprint density at radius 3 is 2.62 bits per heavy atom. The maximum atomic E-state index is 15.0. The van der Waals surface area contributed by atoms with Crippen molar-refractivity contribution in [2.75, 3.05) is 18.6 Å². The van der Waals surface area contributed by atoms with Crippen molar-refractivity contribution in [2.24, 2.45) is 4.99 Å². The molecule has 0 unspecified atom stereocenters. The molecule has 8 heteroatoms. The number of carboxylic acids is 1. The number of nitrogens with zero attached hydrogens (tertiary/aromatic N) is 2. The lowest BCUT2D eigenvalue weighted by Crippen LogP contribution is -2.31. The minimum absolute atomic E-state index is 0.122. The van der Waals surface area contributed by atoms with Crippen molar-refractivity contribution < 1.29 is 23.8 Å². The molecule has 170 valence electrons. The molecule has 0 aliphatic carbocycles. The van der Waals surface area contributed by atoms with Crippen LogP contribution in [0.2, 0.25) is 0 Å². The topological polar surface area (TPSA) is 95.0 Å². The number of para-hydroxylation sites is 1. The normalized spacial score (nSPS) is 13.4. The molecule has 34 heavy (non-hydrogen) atoms. The van der Waals surface area contributed by atoms with Gasteiger partial charge in [-0.25, -0.2) is 9.18 Å². The second kappa shape index (κ2) is 8.47. The van der Waals surface area contributed by atoms with Gasteiger partial charge in [-0.3, -0.25) is 9.79 Å². The summed E-state index contributed by atoms with van der Waals surface area (Å²) in [6.07, 6.45) is 0. The monoisotopic (exact) mass is 457 g/mol. The molecule has 1 amide bonds. The molecule has 1 aliphatic heterocycles. The predicted octanol–water partition coefficient (Wildman–Crippen LogP) is 4.40. The van der Waals surface area contributed by atoms with E-state index in [4.69, 9.17) is 4.74 Å². The molecular weight excluding hydrogens is 437 g/mol.